The van der Waals surface area contributed by atoms with Crippen molar-refractivity contribution in [1.82, 2.24) is 10.5 Å². The molecule has 0 spiro atoms. The highest BCUT2D eigenvalue weighted by Crippen LogP contribution is 2.21. The number of amides is 1. The van der Waals surface area contributed by atoms with E-state index < -0.39 is 0 Å². The minimum Gasteiger partial charge on any atom is -0.467 e. The number of aromatic nitrogens is 1. The zero-order valence-corrected chi connectivity index (χ0v) is 13.4. The molecular formula is C20H16N2O3. The topological polar surface area (TPSA) is 68.3 Å². The number of nitrogens with one attached hydrogen (secondary N) is 1. The standard InChI is InChI=1S/C20H16N2O3/c23-20(21-13-17-8-4-10-24-17)19-12-16(22-25-19)11-15-7-3-6-14-5-1-2-9-18(14)15/h1-10,12H,11,13H2,(H,21,23). The Morgan fingerprint density at radius 2 is 1.92 bits per heavy atom. The second kappa shape index (κ2) is 6.65. The van der Waals surface area contributed by atoms with Gasteiger partial charge in [-0.15, -0.1) is 0 Å². The van der Waals surface area contributed by atoms with E-state index in [0.717, 1.165) is 11.3 Å². The van der Waals surface area contributed by atoms with Gasteiger partial charge in [-0.3, -0.25) is 4.79 Å². The highest BCUT2D eigenvalue weighted by molar-refractivity contribution is 5.91. The Bertz CT molecular complexity index is 997. The van der Waals surface area contributed by atoms with Crippen molar-refractivity contribution in [3.63, 3.8) is 0 Å². The molecule has 0 saturated heterocycles. The largest absolute Gasteiger partial charge is 0.467 e. The summed E-state index contributed by atoms with van der Waals surface area (Å²) in [5.41, 5.74) is 1.87. The maximum absolute atomic E-state index is 12.1. The van der Waals surface area contributed by atoms with E-state index in [1.165, 1.54) is 10.8 Å². The van der Waals surface area contributed by atoms with Crippen LogP contribution in [0.3, 0.4) is 0 Å². The normalized spacial score (nSPS) is 10.9. The summed E-state index contributed by atoms with van der Waals surface area (Å²) < 4.78 is 10.4. The molecule has 0 fully saturated rings. The Balaban J connectivity index is 1.48. The van der Waals surface area contributed by atoms with Crippen LogP contribution in [0.25, 0.3) is 10.8 Å². The molecule has 0 bridgehead atoms. The molecule has 0 saturated carbocycles. The maximum atomic E-state index is 12.1. The van der Waals surface area contributed by atoms with E-state index in [4.69, 9.17) is 8.94 Å². The lowest BCUT2D eigenvalue weighted by molar-refractivity contribution is 0.0911. The molecule has 1 N–H and O–H groups in total. The Hall–Kier alpha value is -3.34. The van der Waals surface area contributed by atoms with Crippen LogP contribution in [-0.2, 0) is 13.0 Å². The minimum atomic E-state index is -0.312. The molecule has 0 atom stereocenters. The van der Waals surface area contributed by atoms with Crippen molar-refractivity contribution in [2.45, 2.75) is 13.0 Å². The molecule has 2 aromatic heterocycles. The quantitative estimate of drug-likeness (QED) is 0.601. The molecule has 5 nitrogen and oxygen atoms in total. The van der Waals surface area contributed by atoms with Gasteiger partial charge in [0.2, 0.25) is 5.76 Å². The van der Waals surface area contributed by atoms with E-state index >= 15 is 0 Å². The molecule has 0 unspecified atom stereocenters. The fourth-order valence-corrected chi connectivity index (χ4v) is 2.81. The number of benzene rings is 2. The third-order valence-corrected chi connectivity index (χ3v) is 4.04. The number of hydrogen-bond acceptors (Lipinski definition) is 4. The zero-order chi connectivity index (χ0) is 17.1. The van der Waals surface area contributed by atoms with Crippen LogP contribution in [0.1, 0.15) is 27.6 Å². The van der Waals surface area contributed by atoms with Gasteiger partial charge in [-0.1, -0.05) is 47.6 Å². The minimum absolute atomic E-state index is 0.196. The number of carbonyl (C=O) groups is 1. The third kappa shape index (κ3) is 3.30. The highest BCUT2D eigenvalue weighted by Gasteiger charge is 2.14. The molecule has 2 heterocycles. The number of hydrogen-bond donors (Lipinski definition) is 1. The number of carbonyl (C=O) groups excluding carboxylic acids is 1. The number of rotatable bonds is 5. The second-order valence-electron chi connectivity index (χ2n) is 5.76. The lowest BCUT2D eigenvalue weighted by Gasteiger charge is -2.04. The Kier molecular flexibility index (Phi) is 4.04. The number of furan rings is 1. The summed E-state index contributed by atoms with van der Waals surface area (Å²) in [6, 6.07) is 19.6. The lowest BCUT2D eigenvalue weighted by Crippen LogP contribution is -2.21. The number of nitrogens with zero attached hydrogens (tertiary/aromatic N) is 1. The predicted molar refractivity (Wildman–Crippen MR) is 93.1 cm³/mol. The summed E-state index contributed by atoms with van der Waals surface area (Å²) >= 11 is 0. The summed E-state index contributed by atoms with van der Waals surface area (Å²) in [7, 11) is 0. The molecule has 0 aliphatic rings. The van der Waals surface area contributed by atoms with Crippen LogP contribution in [0.4, 0.5) is 0 Å². The Morgan fingerprint density at radius 3 is 2.80 bits per heavy atom. The third-order valence-electron chi connectivity index (χ3n) is 4.04. The predicted octanol–water partition coefficient (Wildman–Crippen LogP) is 3.94. The van der Waals surface area contributed by atoms with Gasteiger partial charge < -0.3 is 14.3 Å². The van der Waals surface area contributed by atoms with Crippen molar-refractivity contribution in [2.75, 3.05) is 0 Å². The summed E-state index contributed by atoms with van der Waals surface area (Å²) in [6.45, 7) is 0.311. The smallest absolute Gasteiger partial charge is 0.290 e. The van der Waals surface area contributed by atoms with Gasteiger partial charge in [0.05, 0.1) is 18.5 Å². The van der Waals surface area contributed by atoms with Crippen molar-refractivity contribution in [2.24, 2.45) is 0 Å². The lowest BCUT2D eigenvalue weighted by atomic mass is 10.0. The van der Waals surface area contributed by atoms with Gasteiger partial charge in [0, 0.05) is 12.5 Å². The van der Waals surface area contributed by atoms with E-state index in [2.05, 4.69) is 34.7 Å². The summed E-state index contributed by atoms with van der Waals surface area (Å²) in [4.78, 5) is 12.1. The first kappa shape index (κ1) is 15.2. The SMILES string of the molecule is O=C(NCc1ccco1)c1cc(Cc2cccc3ccccc23)no1. The molecule has 124 valence electrons. The van der Waals surface area contributed by atoms with E-state index in [-0.39, 0.29) is 11.7 Å². The van der Waals surface area contributed by atoms with Crippen LogP contribution in [0.15, 0.2) is 75.9 Å². The van der Waals surface area contributed by atoms with Crippen LogP contribution in [0, 0.1) is 0 Å². The van der Waals surface area contributed by atoms with E-state index in [9.17, 15) is 4.79 Å². The Labute approximate surface area is 144 Å². The van der Waals surface area contributed by atoms with Gasteiger partial charge >= 0.3 is 0 Å². The van der Waals surface area contributed by atoms with Crippen molar-refractivity contribution in [1.29, 1.82) is 0 Å². The zero-order valence-electron chi connectivity index (χ0n) is 13.4. The fourth-order valence-electron chi connectivity index (χ4n) is 2.81. The first-order valence-corrected chi connectivity index (χ1v) is 8.02. The first-order valence-electron chi connectivity index (χ1n) is 8.02. The highest BCUT2D eigenvalue weighted by atomic mass is 16.5. The monoisotopic (exact) mass is 332 g/mol. The molecule has 25 heavy (non-hydrogen) atoms. The molecule has 0 radical (unpaired) electrons. The van der Waals surface area contributed by atoms with Gasteiger partial charge in [0.25, 0.3) is 5.91 Å². The van der Waals surface area contributed by atoms with E-state index in [0.29, 0.717) is 18.7 Å². The summed E-state index contributed by atoms with van der Waals surface area (Å²) in [6.07, 6.45) is 2.18. The summed E-state index contributed by atoms with van der Waals surface area (Å²) in [5, 5.41) is 9.12. The van der Waals surface area contributed by atoms with Gasteiger partial charge in [0.1, 0.15) is 5.76 Å². The Morgan fingerprint density at radius 1 is 1.04 bits per heavy atom. The summed E-state index contributed by atoms with van der Waals surface area (Å²) in [5.74, 6) is 0.568. The van der Waals surface area contributed by atoms with Gasteiger partial charge in [-0.25, -0.2) is 0 Å². The van der Waals surface area contributed by atoms with Gasteiger partial charge in [-0.05, 0) is 28.5 Å². The molecule has 0 aliphatic heterocycles. The van der Waals surface area contributed by atoms with Crippen molar-refractivity contribution < 1.29 is 13.7 Å². The van der Waals surface area contributed by atoms with Gasteiger partial charge in [0.15, 0.2) is 0 Å². The average Bonchev–Trinajstić information content (AvgIpc) is 3.32. The molecule has 5 heteroatoms. The molecule has 2 aromatic carbocycles. The van der Waals surface area contributed by atoms with Crippen molar-refractivity contribution in [3.8, 4) is 0 Å². The van der Waals surface area contributed by atoms with Crippen LogP contribution in [0.5, 0.6) is 0 Å². The fraction of sp³-hybridized carbons (Fsp3) is 0.100. The molecule has 4 rings (SSSR count). The van der Waals surface area contributed by atoms with Crippen LogP contribution >= 0.6 is 0 Å². The molecule has 4 aromatic rings. The van der Waals surface area contributed by atoms with Crippen LogP contribution < -0.4 is 5.32 Å². The van der Waals surface area contributed by atoms with E-state index in [1.807, 2.05) is 18.2 Å². The number of fused-ring (bicyclic) bond motifs is 1. The average molecular weight is 332 g/mol. The first-order chi connectivity index (χ1) is 12.3. The maximum Gasteiger partial charge on any atom is 0.290 e. The van der Waals surface area contributed by atoms with Crippen LogP contribution in [-0.4, -0.2) is 11.1 Å². The van der Waals surface area contributed by atoms with Crippen LogP contribution in [0.2, 0.25) is 0 Å². The van der Waals surface area contributed by atoms with Crippen molar-refractivity contribution in [3.05, 3.63) is 89.7 Å². The molecule has 0 aliphatic carbocycles. The molecule has 1 amide bonds. The molecular weight excluding hydrogens is 316 g/mol. The van der Waals surface area contributed by atoms with Crippen molar-refractivity contribution >= 4 is 16.7 Å². The van der Waals surface area contributed by atoms with Gasteiger partial charge in [-0.2, -0.15) is 0 Å². The van der Waals surface area contributed by atoms with E-state index in [1.54, 1.807) is 24.5 Å². The second-order valence-corrected chi connectivity index (χ2v) is 5.76.